The fourth-order valence-electron chi connectivity index (χ4n) is 7.95. The van der Waals surface area contributed by atoms with Crippen molar-refractivity contribution < 1.29 is 27.6 Å². The first-order chi connectivity index (χ1) is 23.5. The van der Waals surface area contributed by atoms with Crippen LogP contribution in [0.15, 0.2) is 40.9 Å². The van der Waals surface area contributed by atoms with E-state index < -0.39 is 29.5 Å². The van der Waals surface area contributed by atoms with Crippen molar-refractivity contribution in [1.29, 1.82) is 0 Å². The van der Waals surface area contributed by atoms with Gasteiger partial charge in [-0.05, 0) is 115 Å². The molecule has 5 N–H and O–H groups in total. The number of piperidine rings is 3. The molecule has 10 nitrogen and oxygen atoms in total. The van der Waals surface area contributed by atoms with E-state index in [4.69, 9.17) is 5.73 Å². The molecule has 4 aliphatic rings. The van der Waals surface area contributed by atoms with Gasteiger partial charge < -0.3 is 36.4 Å². The molecule has 1 unspecified atom stereocenters. The number of anilines is 2. The molecule has 49 heavy (non-hydrogen) atoms. The van der Waals surface area contributed by atoms with Gasteiger partial charge in [-0.25, -0.2) is 9.59 Å². The minimum Gasteiger partial charge on any atom is -0.397 e. The molecule has 4 heterocycles. The van der Waals surface area contributed by atoms with E-state index in [1.807, 2.05) is 29.2 Å². The van der Waals surface area contributed by atoms with Gasteiger partial charge in [0.15, 0.2) is 0 Å². The van der Waals surface area contributed by atoms with Crippen LogP contribution in [0.5, 0.6) is 0 Å². The second kappa shape index (κ2) is 15.2. The largest absolute Gasteiger partial charge is 0.418 e. The number of carbonyl (C=O) groups excluding carboxylic acids is 3. The lowest BCUT2D eigenvalue weighted by Gasteiger charge is -2.40. The molecule has 0 radical (unpaired) electrons. The number of hydrogen-bond acceptors (Lipinski definition) is 5. The molecular formula is C35H45BrF3N7O3. The molecule has 0 bridgehead atoms. The van der Waals surface area contributed by atoms with E-state index in [1.54, 1.807) is 9.80 Å². The molecule has 6 rings (SSSR count). The summed E-state index contributed by atoms with van der Waals surface area (Å²) in [7, 11) is 0. The third-order valence-electron chi connectivity index (χ3n) is 10.8. The Kier molecular flexibility index (Phi) is 10.9. The topological polar surface area (TPSA) is 123 Å². The van der Waals surface area contributed by atoms with Gasteiger partial charge in [-0.3, -0.25) is 4.79 Å². The minimum absolute atomic E-state index is 0.0510. The molecular weight excluding hydrogens is 703 g/mol. The number of halogens is 4. The summed E-state index contributed by atoms with van der Waals surface area (Å²) < 4.78 is 41.6. The van der Waals surface area contributed by atoms with Crippen LogP contribution >= 0.6 is 15.9 Å². The second-order valence-electron chi connectivity index (χ2n) is 13.7. The lowest BCUT2D eigenvalue weighted by molar-refractivity contribution is -0.137. The first-order valence-electron chi connectivity index (χ1n) is 17.3. The average molecular weight is 749 g/mol. The van der Waals surface area contributed by atoms with Crippen LogP contribution in [0, 0.1) is 11.8 Å². The molecule has 4 aliphatic heterocycles. The number of nitrogens with one attached hydrogen (secondary N) is 3. The van der Waals surface area contributed by atoms with Gasteiger partial charge in [-0.15, -0.1) is 0 Å². The van der Waals surface area contributed by atoms with E-state index in [2.05, 4.69) is 31.9 Å². The number of hydrogen-bond donors (Lipinski definition) is 4. The molecule has 0 aliphatic carbocycles. The Labute approximate surface area is 293 Å². The standard InChI is InChI=1S/C35H45BrF3N7O3/c36-28-20-22(19-27(31(28)40)35(37,38)39)21-30(32(47)44-14-7-24(8-15-44)23-5-12-41-13-6-23)43-33(48)45-16-10-26(11-17-45)46-18-9-25-3-1-2-4-29(25)42-34(46)49/h1-4,19-20,23-24,26,30,41H,5-18,21,40H2,(H,42,49)(H,43,48). The number of fused-ring (bicyclic) bond motifs is 1. The van der Waals surface area contributed by atoms with Gasteiger partial charge >= 0.3 is 18.2 Å². The van der Waals surface area contributed by atoms with Crippen LogP contribution in [0.4, 0.5) is 34.1 Å². The fraction of sp³-hybridized carbons (Fsp3) is 0.571. The molecule has 2 aromatic rings. The summed E-state index contributed by atoms with van der Waals surface area (Å²) in [6, 6.07) is 8.48. The van der Waals surface area contributed by atoms with Crippen LogP contribution in [-0.4, -0.2) is 90.6 Å². The van der Waals surface area contributed by atoms with Crippen molar-refractivity contribution >= 4 is 45.3 Å². The van der Waals surface area contributed by atoms with E-state index in [9.17, 15) is 27.6 Å². The zero-order chi connectivity index (χ0) is 34.7. The van der Waals surface area contributed by atoms with Crippen molar-refractivity contribution in [2.24, 2.45) is 11.8 Å². The Morgan fingerprint density at radius 3 is 2.29 bits per heavy atom. The zero-order valence-corrected chi connectivity index (χ0v) is 29.1. The van der Waals surface area contributed by atoms with Crippen molar-refractivity contribution in [3.8, 4) is 0 Å². The molecule has 0 saturated carbocycles. The van der Waals surface area contributed by atoms with Crippen LogP contribution in [-0.2, 0) is 23.8 Å². The minimum atomic E-state index is -4.68. The molecule has 266 valence electrons. The molecule has 2 aromatic carbocycles. The maximum absolute atomic E-state index is 14.0. The predicted octanol–water partition coefficient (Wildman–Crippen LogP) is 5.46. The second-order valence-corrected chi connectivity index (χ2v) is 14.6. The number of likely N-dealkylation sites (tertiary alicyclic amines) is 2. The average Bonchev–Trinajstić information content (AvgIpc) is 3.27. The maximum atomic E-state index is 14.0. The molecule has 0 aromatic heterocycles. The molecule has 0 spiro atoms. The van der Waals surface area contributed by atoms with Crippen molar-refractivity contribution in [2.45, 2.75) is 69.6 Å². The van der Waals surface area contributed by atoms with E-state index >= 15 is 0 Å². The highest BCUT2D eigenvalue weighted by atomic mass is 79.9. The summed E-state index contributed by atoms with van der Waals surface area (Å²) in [6.45, 7) is 4.43. The first kappa shape index (κ1) is 35.3. The van der Waals surface area contributed by atoms with Crippen LogP contribution in [0.3, 0.4) is 0 Å². The van der Waals surface area contributed by atoms with Gasteiger partial charge in [0.05, 0.1) is 11.3 Å². The van der Waals surface area contributed by atoms with Crippen molar-refractivity contribution in [3.63, 3.8) is 0 Å². The predicted molar refractivity (Wildman–Crippen MR) is 185 cm³/mol. The number of carbonyl (C=O) groups is 3. The normalized spacial score (nSPS) is 20.7. The van der Waals surface area contributed by atoms with Gasteiger partial charge in [-0.2, -0.15) is 13.2 Å². The lowest BCUT2D eigenvalue weighted by Crippen LogP contribution is -2.57. The maximum Gasteiger partial charge on any atom is 0.418 e. The fourth-order valence-corrected chi connectivity index (χ4v) is 8.46. The van der Waals surface area contributed by atoms with Crippen LogP contribution in [0.2, 0.25) is 0 Å². The summed E-state index contributed by atoms with van der Waals surface area (Å²) in [5.41, 5.74) is 6.48. The van der Waals surface area contributed by atoms with Crippen molar-refractivity contribution in [3.05, 3.63) is 57.6 Å². The Morgan fingerprint density at radius 2 is 1.59 bits per heavy atom. The quantitative estimate of drug-likeness (QED) is 0.293. The van der Waals surface area contributed by atoms with Crippen molar-refractivity contribution in [2.75, 3.05) is 56.9 Å². The summed E-state index contributed by atoms with van der Waals surface area (Å²) in [5, 5.41) is 9.30. The number of para-hydroxylation sites is 1. The van der Waals surface area contributed by atoms with Gasteiger partial charge in [0.2, 0.25) is 5.91 Å². The Balaban J connectivity index is 1.12. The van der Waals surface area contributed by atoms with E-state index in [0.717, 1.165) is 62.5 Å². The van der Waals surface area contributed by atoms with E-state index in [1.165, 1.54) is 6.07 Å². The van der Waals surface area contributed by atoms with Crippen LogP contribution < -0.4 is 21.7 Å². The highest BCUT2D eigenvalue weighted by Crippen LogP contribution is 2.38. The molecule has 3 saturated heterocycles. The van der Waals surface area contributed by atoms with Gasteiger partial charge in [0.25, 0.3) is 0 Å². The Hall–Kier alpha value is -3.52. The number of nitrogens with zero attached hydrogens (tertiary/aromatic N) is 3. The Morgan fingerprint density at radius 1 is 0.939 bits per heavy atom. The van der Waals surface area contributed by atoms with Crippen molar-refractivity contribution in [1.82, 2.24) is 25.3 Å². The Bertz CT molecular complexity index is 1520. The number of nitrogen functional groups attached to an aromatic ring is 1. The summed E-state index contributed by atoms with van der Waals surface area (Å²) >= 11 is 3.15. The van der Waals surface area contributed by atoms with Gasteiger partial charge in [0.1, 0.15) is 6.04 Å². The lowest BCUT2D eigenvalue weighted by atomic mass is 9.79. The number of alkyl halides is 3. The summed E-state index contributed by atoms with van der Waals surface area (Å²) in [5.74, 6) is 0.859. The molecule has 14 heteroatoms. The van der Waals surface area contributed by atoms with E-state index in [0.29, 0.717) is 57.4 Å². The molecule has 3 fully saturated rings. The third-order valence-corrected chi connectivity index (χ3v) is 11.4. The van der Waals surface area contributed by atoms with Crippen LogP contribution in [0.25, 0.3) is 0 Å². The van der Waals surface area contributed by atoms with Crippen LogP contribution in [0.1, 0.15) is 55.2 Å². The van der Waals surface area contributed by atoms with Gasteiger partial charge in [-0.1, -0.05) is 18.2 Å². The van der Waals surface area contributed by atoms with E-state index in [-0.39, 0.29) is 34.4 Å². The smallest absolute Gasteiger partial charge is 0.397 e. The summed E-state index contributed by atoms with van der Waals surface area (Å²) in [6.07, 6.45) is 1.04. The number of benzene rings is 2. The number of amides is 5. The zero-order valence-electron chi connectivity index (χ0n) is 27.5. The highest BCUT2D eigenvalue weighted by Gasteiger charge is 2.37. The number of rotatable bonds is 6. The first-order valence-corrected chi connectivity index (χ1v) is 18.1. The monoisotopic (exact) mass is 747 g/mol. The molecule has 5 amide bonds. The SMILES string of the molecule is Nc1c(Br)cc(CC(NC(=O)N2CCC(N3CCc4ccccc4NC3=O)CC2)C(=O)N2CCC(C3CCNCC3)CC2)cc1C(F)(F)F. The molecule has 1 atom stereocenters. The summed E-state index contributed by atoms with van der Waals surface area (Å²) in [4.78, 5) is 46.0. The number of nitrogens with two attached hydrogens (primary N) is 1. The highest BCUT2D eigenvalue weighted by molar-refractivity contribution is 9.10. The third kappa shape index (κ3) is 8.28. The van der Waals surface area contributed by atoms with Gasteiger partial charge in [0, 0.05) is 55.3 Å². The number of urea groups is 2.